The monoisotopic (exact) mass is 327 g/mol. The molecule has 116 valence electrons. The molecule has 21 heavy (non-hydrogen) atoms. The van der Waals surface area contributed by atoms with Gasteiger partial charge in [-0.25, -0.2) is 0 Å². The highest BCUT2D eigenvalue weighted by atomic mass is 32.2. The first-order valence-corrected chi connectivity index (χ1v) is 9.28. The van der Waals surface area contributed by atoms with E-state index in [2.05, 4.69) is 6.07 Å². The number of likely N-dealkylation sites (tertiary alicyclic amines) is 1. The van der Waals surface area contributed by atoms with Gasteiger partial charge in [-0.15, -0.1) is 23.1 Å². The summed E-state index contributed by atoms with van der Waals surface area (Å²) in [6.45, 7) is 3.48. The van der Waals surface area contributed by atoms with E-state index < -0.39 is 0 Å². The van der Waals surface area contributed by atoms with Crippen LogP contribution in [0.2, 0.25) is 0 Å². The smallest absolute Gasteiger partial charge is 0.310 e. The first-order valence-electron chi connectivity index (χ1n) is 7.25. The van der Waals surface area contributed by atoms with E-state index in [9.17, 15) is 9.59 Å². The van der Waals surface area contributed by atoms with Crippen LogP contribution >= 0.6 is 23.1 Å². The van der Waals surface area contributed by atoms with Crippen molar-refractivity contribution in [3.05, 3.63) is 22.4 Å². The number of hydrogen-bond acceptors (Lipinski definition) is 5. The first-order chi connectivity index (χ1) is 10.2. The van der Waals surface area contributed by atoms with Crippen molar-refractivity contribution < 1.29 is 14.3 Å². The summed E-state index contributed by atoms with van der Waals surface area (Å²) in [4.78, 5) is 27.1. The third-order valence-electron chi connectivity index (χ3n) is 3.44. The molecule has 0 unspecified atom stereocenters. The Hall–Kier alpha value is -1.01. The number of ether oxygens (including phenoxy) is 1. The van der Waals surface area contributed by atoms with E-state index in [-0.39, 0.29) is 17.8 Å². The minimum absolute atomic E-state index is 0.130. The minimum Gasteiger partial charge on any atom is -0.466 e. The molecular weight excluding hydrogens is 306 g/mol. The van der Waals surface area contributed by atoms with Gasteiger partial charge in [-0.1, -0.05) is 6.07 Å². The number of carbonyl (C=O) groups is 2. The second kappa shape index (κ2) is 8.44. The summed E-state index contributed by atoms with van der Waals surface area (Å²) in [6, 6.07) is 4.11. The maximum atomic E-state index is 12.2. The summed E-state index contributed by atoms with van der Waals surface area (Å²) >= 11 is 3.35. The summed E-state index contributed by atoms with van der Waals surface area (Å²) < 4.78 is 5.06. The highest BCUT2D eigenvalue weighted by molar-refractivity contribution is 7.99. The van der Waals surface area contributed by atoms with Crippen LogP contribution in [0.3, 0.4) is 0 Å². The number of nitrogens with zero attached hydrogens (tertiary/aromatic N) is 1. The molecule has 0 N–H and O–H groups in total. The highest BCUT2D eigenvalue weighted by Gasteiger charge is 2.29. The van der Waals surface area contributed by atoms with Crippen LogP contribution in [-0.4, -0.2) is 42.2 Å². The van der Waals surface area contributed by atoms with E-state index in [0.717, 1.165) is 25.1 Å². The van der Waals surface area contributed by atoms with Gasteiger partial charge in [-0.2, -0.15) is 0 Å². The molecule has 1 aliphatic heterocycles. The molecule has 1 saturated heterocycles. The van der Waals surface area contributed by atoms with Gasteiger partial charge in [0.05, 0.1) is 18.3 Å². The van der Waals surface area contributed by atoms with Crippen molar-refractivity contribution in [3.63, 3.8) is 0 Å². The lowest BCUT2D eigenvalue weighted by atomic mass is 9.98. The Morgan fingerprint density at radius 3 is 3.10 bits per heavy atom. The zero-order valence-corrected chi connectivity index (χ0v) is 13.9. The molecule has 2 rings (SSSR count). The third-order valence-corrected chi connectivity index (χ3v) is 5.47. The molecule has 2 heterocycles. The van der Waals surface area contributed by atoms with Crippen molar-refractivity contribution in [2.24, 2.45) is 5.92 Å². The Morgan fingerprint density at radius 2 is 2.38 bits per heavy atom. The van der Waals surface area contributed by atoms with Crippen molar-refractivity contribution in [1.82, 2.24) is 4.90 Å². The van der Waals surface area contributed by atoms with Crippen molar-refractivity contribution in [3.8, 4) is 0 Å². The summed E-state index contributed by atoms with van der Waals surface area (Å²) in [5.74, 6) is 1.17. The normalized spacial score (nSPS) is 18.5. The third kappa shape index (κ3) is 5.04. The number of rotatable bonds is 6. The molecule has 6 heteroatoms. The van der Waals surface area contributed by atoms with Gasteiger partial charge in [0, 0.05) is 23.7 Å². The lowest BCUT2D eigenvalue weighted by Gasteiger charge is -2.31. The summed E-state index contributed by atoms with van der Waals surface area (Å²) in [5, 5.41) is 2.05. The zero-order valence-electron chi connectivity index (χ0n) is 12.2. The zero-order chi connectivity index (χ0) is 15.1. The largest absolute Gasteiger partial charge is 0.466 e. The van der Waals surface area contributed by atoms with Gasteiger partial charge in [0.25, 0.3) is 0 Å². The van der Waals surface area contributed by atoms with Crippen LogP contribution in [0.5, 0.6) is 0 Å². The van der Waals surface area contributed by atoms with Crippen molar-refractivity contribution in [2.75, 3.05) is 25.4 Å². The fourth-order valence-electron chi connectivity index (χ4n) is 2.38. The Balaban J connectivity index is 1.75. The minimum atomic E-state index is -0.166. The second-order valence-corrected chi connectivity index (χ2v) is 7.02. The Morgan fingerprint density at radius 1 is 1.52 bits per heavy atom. The van der Waals surface area contributed by atoms with Gasteiger partial charge < -0.3 is 9.64 Å². The number of thiophene rings is 1. The van der Waals surface area contributed by atoms with E-state index in [0.29, 0.717) is 18.9 Å². The van der Waals surface area contributed by atoms with Crippen LogP contribution in [0.1, 0.15) is 24.6 Å². The topological polar surface area (TPSA) is 46.6 Å². The van der Waals surface area contributed by atoms with Crippen molar-refractivity contribution in [1.29, 1.82) is 0 Å². The summed E-state index contributed by atoms with van der Waals surface area (Å²) in [6.07, 6.45) is 1.70. The standard InChI is InChI=1S/C15H21NO3S2/c1-2-19-15(18)12-5-3-7-16(9-12)14(17)11-20-10-13-6-4-8-21-13/h4,6,8,12H,2-3,5,7,9-11H2,1H3/t12-/m1/s1. The predicted molar refractivity (Wildman–Crippen MR) is 86.4 cm³/mol. The Kier molecular flexibility index (Phi) is 6.57. The van der Waals surface area contributed by atoms with E-state index in [4.69, 9.17) is 4.74 Å². The number of hydrogen-bond donors (Lipinski definition) is 0. The van der Waals surface area contributed by atoms with Gasteiger partial charge in [0.1, 0.15) is 0 Å². The summed E-state index contributed by atoms with van der Waals surface area (Å²) in [7, 11) is 0. The van der Waals surface area contributed by atoms with E-state index >= 15 is 0 Å². The number of carbonyl (C=O) groups excluding carboxylic acids is 2. The van der Waals surface area contributed by atoms with Crippen molar-refractivity contribution >= 4 is 35.0 Å². The van der Waals surface area contributed by atoms with Gasteiger partial charge in [-0.05, 0) is 31.2 Å². The maximum absolute atomic E-state index is 12.2. The molecule has 1 aliphatic rings. The molecule has 1 aromatic rings. The van der Waals surface area contributed by atoms with Crippen LogP contribution < -0.4 is 0 Å². The molecule has 4 nitrogen and oxygen atoms in total. The highest BCUT2D eigenvalue weighted by Crippen LogP contribution is 2.21. The lowest BCUT2D eigenvalue weighted by molar-refractivity contribution is -0.151. The second-order valence-electron chi connectivity index (χ2n) is 5.00. The molecular formula is C15H21NO3S2. The van der Waals surface area contributed by atoms with Crippen LogP contribution in [0.15, 0.2) is 17.5 Å². The molecule has 0 bridgehead atoms. The molecule has 1 atom stereocenters. The van der Waals surface area contributed by atoms with Crippen LogP contribution in [0.4, 0.5) is 0 Å². The molecule has 1 amide bonds. The number of thioether (sulfide) groups is 1. The molecule has 0 aliphatic carbocycles. The number of amides is 1. The van der Waals surface area contributed by atoms with Crippen molar-refractivity contribution in [2.45, 2.75) is 25.5 Å². The lowest BCUT2D eigenvalue weighted by Crippen LogP contribution is -2.43. The molecule has 0 radical (unpaired) electrons. The maximum Gasteiger partial charge on any atom is 0.310 e. The summed E-state index contributed by atoms with van der Waals surface area (Å²) in [5.41, 5.74) is 0. The van der Waals surface area contributed by atoms with E-state index in [1.807, 2.05) is 23.3 Å². The number of esters is 1. The Bertz CT molecular complexity index is 461. The fourth-order valence-corrected chi connectivity index (χ4v) is 4.15. The van der Waals surface area contributed by atoms with E-state index in [1.165, 1.54) is 4.88 Å². The van der Waals surface area contributed by atoms with Gasteiger partial charge in [0.2, 0.25) is 5.91 Å². The van der Waals surface area contributed by atoms with Gasteiger partial charge in [0.15, 0.2) is 0 Å². The SMILES string of the molecule is CCOC(=O)[C@@H]1CCCN(C(=O)CSCc2cccs2)C1. The quantitative estimate of drug-likeness (QED) is 0.754. The average molecular weight is 327 g/mol. The van der Waals surface area contributed by atoms with Crippen LogP contribution in [0.25, 0.3) is 0 Å². The van der Waals surface area contributed by atoms with Gasteiger partial charge >= 0.3 is 5.97 Å². The molecule has 0 aromatic carbocycles. The Labute approximate surface area is 133 Å². The first kappa shape index (κ1) is 16.4. The predicted octanol–water partition coefficient (Wildman–Crippen LogP) is 2.78. The van der Waals surface area contributed by atoms with E-state index in [1.54, 1.807) is 23.1 Å². The van der Waals surface area contributed by atoms with Gasteiger partial charge in [-0.3, -0.25) is 9.59 Å². The molecule has 0 spiro atoms. The molecule has 1 aromatic heterocycles. The number of piperidine rings is 1. The van der Waals surface area contributed by atoms with Crippen LogP contribution in [0, 0.1) is 5.92 Å². The molecule has 1 fully saturated rings. The van der Waals surface area contributed by atoms with Crippen LogP contribution in [-0.2, 0) is 20.1 Å². The molecule has 0 saturated carbocycles. The average Bonchev–Trinajstić information content (AvgIpc) is 3.01. The fraction of sp³-hybridized carbons (Fsp3) is 0.600.